The van der Waals surface area contributed by atoms with Crippen LogP contribution in [0.3, 0.4) is 0 Å². The fourth-order valence-electron chi connectivity index (χ4n) is 2.16. The van der Waals surface area contributed by atoms with E-state index in [9.17, 15) is 18.0 Å². The van der Waals surface area contributed by atoms with Crippen LogP contribution < -0.4 is 9.47 Å². The molecule has 2 rings (SSSR count). The molecule has 0 amide bonds. The molecule has 144 valence electrons. The van der Waals surface area contributed by atoms with E-state index in [1.165, 1.54) is 19.2 Å². The van der Waals surface area contributed by atoms with Gasteiger partial charge in [-0.25, -0.2) is 4.79 Å². The van der Waals surface area contributed by atoms with Gasteiger partial charge in [-0.15, -0.1) is 0 Å². The summed E-state index contributed by atoms with van der Waals surface area (Å²) in [6, 6.07) is 10.7. The fraction of sp³-hybridized carbons (Fsp3) is 0.211. The zero-order chi connectivity index (χ0) is 20.0. The van der Waals surface area contributed by atoms with E-state index in [0.717, 1.165) is 18.2 Å². The van der Waals surface area contributed by atoms with Gasteiger partial charge in [0.25, 0.3) is 0 Å². The number of rotatable bonds is 7. The number of carboxylic acids is 1. The summed E-state index contributed by atoms with van der Waals surface area (Å²) in [4.78, 5) is 10.7. The lowest BCUT2D eigenvalue weighted by Crippen LogP contribution is -2.17. The van der Waals surface area contributed by atoms with Crippen molar-refractivity contribution in [1.82, 2.24) is 0 Å². The van der Waals surface area contributed by atoms with Gasteiger partial charge in [0.2, 0.25) is 0 Å². The van der Waals surface area contributed by atoms with Crippen molar-refractivity contribution < 1.29 is 37.3 Å². The number of carbonyl (C=O) groups is 1. The number of ether oxygens (including phenoxy) is 3. The highest BCUT2D eigenvalue weighted by molar-refractivity contribution is 5.80. The molecule has 0 aliphatic heterocycles. The summed E-state index contributed by atoms with van der Waals surface area (Å²) in [5.74, 6) is 0.102. The number of halogens is 3. The van der Waals surface area contributed by atoms with E-state index in [1.807, 2.05) is 0 Å². The predicted molar refractivity (Wildman–Crippen MR) is 90.8 cm³/mol. The van der Waals surface area contributed by atoms with Gasteiger partial charge in [0.15, 0.2) is 6.10 Å². The van der Waals surface area contributed by atoms with E-state index in [-0.39, 0.29) is 11.5 Å². The van der Waals surface area contributed by atoms with Crippen LogP contribution in [0.5, 0.6) is 17.2 Å². The molecule has 0 aliphatic rings. The normalized spacial score (nSPS) is 13.0. The summed E-state index contributed by atoms with van der Waals surface area (Å²) >= 11 is 0. The number of benzene rings is 2. The molecule has 0 fully saturated rings. The van der Waals surface area contributed by atoms with Crippen LogP contribution in [0.2, 0.25) is 0 Å². The number of carboxylic acid groups (broad SMARTS) is 1. The van der Waals surface area contributed by atoms with E-state index in [4.69, 9.17) is 19.3 Å². The summed E-state index contributed by atoms with van der Waals surface area (Å²) in [6.45, 7) is 1.63. The van der Waals surface area contributed by atoms with Crippen molar-refractivity contribution in [2.45, 2.75) is 19.2 Å². The summed E-state index contributed by atoms with van der Waals surface area (Å²) in [6.07, 6.45) is -4.12. The fourth-order valence-corrected chi connectivity index (χ4v) is 2.16. The Morgan fingerprint density at radius 2 is 1.48 bits per heavy atom. The van der Waals surface area contributed by atoms with E-state index in [1.54, 1.807) is 31.2 Å². The first kappa shape index (κ1) is 20.2. The Balaban J connectivity index is 2.02. The van der Waals surface area contributed by atoms with Crippen molar-refractivity contribution in [3.05, 3.63) is 65.9 Å². The van der Waals surface area contributed by atoms with E-state index >= 15 is 0 Å². The highest BCUT2D eigenvalue weighted by Gasteiger charge is 2.30. The SMILES string of the molecule is COC(=CC(=O)O)C(C)Oc1ccc(Oc2ccc(C(F)(F)F)cc2)cc1. The zero-order valence-electron chi connectivity index (χ0n) is 14.5. The van der Waals surface area contributed by atoms with Gasteiger partial charge in [-0.2, -0.15) is 13.2 Å². The third-order valence-electron chi connectivity index (χ3n) is 3.46. The van der Waals surface area contributed by atoms with Crippen LogP contribution in [0.15, 0.2) is 60.4 Å². The Morgan fingerprint density at radius 3 is 1.93 bits per heavy atom. The molecular weight excluding hydrogens is 365 g/mol. The smallest absolute Gasteiger partial charge is 0.416 e. The van der Waals surface area contributed by atoms with Gasteiger partial charge in [-0.1, -0.05) is 0 Å². The van der Waals surface area contributed by atoms with Crippen LogP contribution in [-0.4, -0.2) is 24.3 Å². The lowest BCUT2D eigenvalue weighted by atomic mass is 10.2. The van der Waals surface area contributed by atoms with Gasteiger partial charge in [0, 0.05) is 0 Å². The monoisotopic (exact) mass is 382 g/mol. The molecule has 5 nitrogen and oxygen atoms in total. The minimum atomic E-state index is -4.40. The Kier molecular flexibility index (Phi) is 6.33. The van der Waals surface area contributed by atoms with Gasteiger partial charge >= 0.3 is 12.1 Å². The topological polar surface area (TPSA) is 65.0 Å². The molecular formula is C19H17F3O5. The number of alkyl halides is 3. The Morgan fingerprint density at radius 1 is 1.00 bits per heavy atom. The largest absolute Gasteiger partial charge is 0.497 e. The molecule has 0 heterocycles. The summed E-state index contributed by atoms with van der Waals surface area (Å²) in [7, 11) is 1.34. The summed E-state index contributed by atoms with van der Waals surface area (Å²) < 4.78 is 53.7. The van der Waals surface area contributed by atoms with Crippen LogP contribution in [0.1, 0.15) is 12.5 Å². The maximum Gasteiger partial charge on any atom is 0.416 e. The standard InChI is InChI=1S/C19H17F3O5/c1-12(17(25-2)11-18(23)24)26-14-7-9-16(10-8-14)27-15-5-3-13(4-6-15)19(20,21)22/h3-12H,1-2H3,(H,23,24). The molecule has 8 heteroatoms. The van der Waals surface area contributed by atoms with Crippen LogP contribution >= 0.6 is 0 Å². The second-order valence-electron chi connectivity index (χ2n) is 5.44. The third kappa shape index (κ3) is 5.95. The molecule has 2 aromatic carbocycles. The van der Waals surface area contributed by atoms with Gasteiger partial charge in [0.05, 0.1) is 18.7 Å². The van der Waals surface area contributed by atoms with Gasteiger partial charge in [-0.05, 0) is 55.5 Å². The molecule has 0 bridgehead atoms. The Hall–Kier alpha value is -3.16. The van der Waals surface area contributed by atoms with Gasteiger partial charge in [0.1, 0.15) is 23.0 Å². The molecule has 1 N–H and O–H groups in total. The predicted octanol–water partition coefficient (Wildman–Crippen LogP) is 4.88. The van der Waals surface area contributed by atoms with Crippen molar-refractivity contribution in [2.75, 3.05) is 7.11 Å². The molecule has 0 aromatic heterocycles. The zero-order valence-corrected chi connectivity index (χ0v) is 14.5. The van der Waals surface area contributed by atoms with Gasteiger partial charge < -0.3 is 19.3 Å². The minimum Gasteiger partial charge on any atom is -0.497 e. The first-order chi connectivity index (χ1) is 12.7. The lowest BCUT2D eigenvalue weighted by Gasteiger charge is -2.17. The number of methoxy groups -OCH3 is 1. The molecule has 1 atom stereocenters. The Bertz CT molecular complexity index is 796. The van der Waals surface area contributed by atoms with E-state index in [2.05, 4.69) is 0 Å². The molecule has 1 unspecified atom stereocenters. The van der Waals surface area contributed by atoms with Crippen LogP contribution in [-0.2, 0) is 15.7 Å². The third-order valence-corrected chi connectivity index (χ3v) is 3.46. The second-order valence-corrected chi connectivity index (χ2v) is 5.44. The molecule has 0 saturated heterocycles. The first-order valence-electron chi connectivity index (χ1n) is 7.79. The van der Waals surface area contributed by atoms with Crippen molar-refractivity contribution in [1.29, 1.82) is 0 Å². The minimum absolute atomic E-state index is 0.146. The average molecular weight is 382 g/mol. The van der Waals surface area contributed by atoms with Crippen molar-refractivity contribution in [3.63, 3.8) is 0 Å². The lowest BCUT2D eigenvalue weighted by molar-refractivity contribution is -0.137. The second kappa shape index (κ2) is 8.48. The Labute approximate surface area is 153 Å². The number of hydrogen-bond acceptors (Lipinski definition) is 4. The molecule has 2 aromatic rings. The first-order valence-corrected chi connectivity index (χ1v) is 7.79. The quantitative estimate of drug-likeness (QED) is 0.546. The van der Waals surface area contributed by atoms with Crippen LogP contribution in [0, 0.1) is 0 Å². The van der Waals surface area contributed by atoms with E-state index in [0.29, 0.717) is 11.5 Å². The van der Waals surface area contributed by atoms with E-state index < -0.39 is 23.8 Å². The highest BCUT2D eigenvalue weighted by atomic mass is 19.4. The maximum atomic E-state index is 12.5. The van der Waals surface area contributed by atoms with Crippen molar-refractivity contribution >= 4 is 5.97 Å². The number of hydrogen-bond donors (Lipinski definition) is 1. The highest BCUT2D eigenvalue weighted by Crippen LogP contribution is 2.31. The molecule has 0 radical (unpaired) electrons. The van der Waals surface area contributed by atoms with Gasteiger partial charge in [-0.3, -0.25) is 0 Å². The van der Waals surface area contributed by atoms with Crippen molar-refractivity contribution in [2.24, 2.45) is 0 Å². The molecule has 0 saturated carbocycles. The average Bonchev–Trinajstić information content (AvgIpc) is 2.60. The molecule has 0 spiro atoms. The maximum absolute atomic E-state index is 12.5. The molecule has 0 aliphatic carbocycles. The van der Waals surface area contributed by atoms with Crippen LogP contribution in [0.25, 0.3) is 0 Å². The van der Waals surface area contributed by atoms with Crippen LogP contribution in [0.4, 0.5) is 13.2 Å². The summed E-state index contributed by atoms with van der Waals surface area (Å²) in [5, 5.41) is 8.78. The van der Waals surface area contributed by atoms with Crippen molar-refractivity contribution in [3.8, 4) is 17.2 Å². The number of aliphatic carboxylic acids is 1. The molecule has 27 heavy (non-hydrogen) atoms. The summed E-state index contributed by atoms with van der Waals surface area (Å²) in [5.41, 5.74) is -0.754.